The summed E-state index contributed by atoms with van der Waals surface area (Å²) in [5.41, 5.74) is -6.78. The first-order valence-electron chi connectivity index (χ1n) is 7.33. The van der Waals surface area contributed by atoms with E-state index in [1.165, 1.54) is 24.3 Å². The molecule has 0 bridgehead atoms. The average molecular weight is 506 g/mol. The molecular weight excluding hydrogens is 498 g/mol. The Morgan fingerprint density at radius 3 is 2.11 bits per heavy atom. The Bertz CT molecular complexity index is 999. The fraction of sp³-hybridized carbons (Fsp3) is 0.188. The van der Waals surface area contributed by atoms with Crippen molar-refractivity contribution in [2.75, 3.05) is 0 Å². The minimum Gasteiger partial charge on any atom is -0.368 e. The van der Waals surface area contributed by atoms with Crippen molar-refractivity contribution in [3.05, 3.63) is 57.0 Å². The Labute approximate surface area is 171 Å². The second-order valence-corrected chi connectivity index (χ2v) is 8.46. The number of thiophene rings is 1. The van der Waals surface area contributed by atoms with Crippen LogP contribution in [-0.4, -0.2) is 27.2 Å². The standard InChI is InChI=1S/C16H8BrClF6N2OS/c17-13-6-5-11(28-13)10-7-12(14(27,15(19,20)21)16(22,23)24)25-26(10)9-4-2-1-3-8(9)18/h1-7,27H. The van der Waals surface area contributed by atoms with Crippen LogP contribution in [-0.2, 0) is 5.60 Å². The first-order chi connectivity index (χ1) is 12.9. The topological polar surface area (TPSA) is 38.0 Å². The third-order valence-electron chi connectivity index (χ3n) is 3.81. The van der Waals surface area contributed by atoms with Crippen LogP contribution >= 0.6 is 38.9 Å². The maximum absolute atomic E-state index is 13.3. The summed E-state index contributed by atoms with van der Waals surface area (Å²) in [7, 11) is 0. The first kappa shape index (κ1) is 21.2. The fourth-order valence-corrected chi connectivity index (χ4v) is 4.05. The van der Waals surface area contributed by atoms with Gasteiger partial charge in [-0.2, -0.15) is 31.4 Å². The van der Waals surface area contributed by atoms with Crippen LogP contribution in [0.4, 0.5) is 26.3 Å². The van der Waals surface area contributed by atoms with E-state index < -0.39 is 23.6 Å². The zero-order valence-electron chi connectivity index (χ0n) is 13.3. The zero-order chi connectivity index (χ0) is 20.9. The van der Waals surface area contributed by atoms with Crippen molar-refractivity contribution in [3.8, 4) is 16.3 Å². The summed E-state index contributed by atoms with van der Waals surface area (Å²) in [4.78, 5) is 0.317. The van der Waals surface area contributed by atoms with Gasteiger partial charge in [0.15, 0.2) is 0 Å². The summed E-state index contributed by atoms with van der Waals surface area (Å²) in [6, 6.07) is 9.45. The van der Waals surface area contributed by atoms with Gasteiger partial charge in [0.25, 0.3) is 0 Å². The highest BCUT2D eigenvalue weighted by Gasteiger charge is 2.73. The summed E-state index contributed by atoms with van der Waals surface area (Å²) < 4.78 is 81.0. The minimum atomic E-state index is -6.04. The molecule has 28 heavy (non-hydrogen) atoms. The van der Waals surface area contributed by atoms with E-state index in [0.717, 1.165) is 16.0 Å². The third-order valence-corrected chi connectivity index (χ3v) is 5.77. The van der Waals surface area contributed by atoms with Crippen LogP contribution in [0.5, 0.6) is 0 Å². The average Bonchev–Trinajstić information content (AvgIpc) is 3.18. The molecule has 2 heterocycles. The van der Waals surface area contributed by atoms with Gasteiger partial charge in [-0.1, -0.05) is 23.7 Å². The molecule has 0 atom stereocenters. The van der Waals surface area contributed by atoms with Crippen molar-refractivity contribution in [1.82, 2.24) is 9.78 Å². The molecule has 0 saturated carbocycles. The molecule has 0 spiro atoms. The molecule has 0 aliphatic heterocycles. The molecule has 0 fully saturated rings. The Hall–Kier alpha value is -1.56. The van der Waals surface area contributed by atoms with Crippen molar-refractivity contribution >= 4 is 38.9 Å². The fourth-order valence-electron chi connectivity index (χ4n) is 2.44. The molecule has 0 aliphatic rings. The highest BCUT2D eigenvalue weighted by atomic mass is 79.9. The molecule has 0 saturated heterocycles. The molecule has 0 radical (unpaired) electrons. The van der Waals surface area contributed by atoms with Crippen molar-refractivity contribution < 1.29 is 31.4 Å². The summed E-state index contributed by atoms with van der Waals surface area (Å²) in [5, 5.41) is 13.2. The molecule has 0 aliphatic carbocycles. The lowest BCUT2D eigenvalue weighted by Crippen LogP contribution is -2.54. The van der Waals surface area contributed by atoms with Crippen LogP contribution in [0.2, 0.25) is 5.02 Å². The van der Waals surface area contributed by atoms with Gasteiger partial charge in [0.05, 0.1) is 25.1 Å². The first-order valence-corrected chi connectivity index (χ1v) is 9.32. The maximum atomic E-state index is 13.3. The van der Waals surface area contributed by atoms with Crippen LogP contribution in [0.3, 0.4) is 0 Å². The van der Waals surface area contributed by atoms with Crippen molar-refractivity contribution in [2.24, 2.45) is 0 Å². The second kappa shape index (κ2) is 7.05. The SMILES string of the molecule is OC(c1cc(-c2ccc(Br)s2)n(-c2ccccc2Cl)n1)(C(F)(F)F)C(F)(F)F. The largest absolute Gasteiger partial charge is 0.432 e. The number of hydrogen-bond donors (Lipinski definition) is 1. The monoisotopic (exact) mass is 504 g/mol. The van der Waals surface area contributed by atoms with Crippen molar-refractivity contribution in [1.29, 1.82) is 0 Å². The van der Waals surface area contributed by atoms with E-state index in [1.807, 2.05) is 0 Å². The molecule has 3 aromatic rings. The summed E-state index contributed by atoms with van der Waals surface area (Å²) in [6.45, 7) is 0. The predicted octanol–water partition coefficient (Wildman–Crippen LogP) is 6.33. The van der Waals surface area contributed by atoms with Gasteiger partial charge in [-0.15, -0.1) is 11.3 Å². The van der Waals surface area contributed by atoms with Crippen LogP contribution in [0.25, 0.3) is 16.3 Å². The van der Waals surface area contributed by atoms with Crippen LogP contribution in [0.15, 0.2) is 46.3 Å². The van der Waals surface area contributed by atoms with E-state index in [4.69, 9.17) is 11.6 Å². The van der Waals surface area contributed by atoms with Crippen LogP contribution in [0.1, 0.15) is 5.69 Å². The van der Waals surface area contributed by atoms with Gasteiger partial charge in [-0.05, 0) is 46.3 Å². The van der Waals surface area contributed by atoms with Gasteiger partial charge in [0, 0.05) is 0 Å². The van der Waals surface area contributed by atoms with E-state index in [1.54, 1.807) is 12.1 Å². The van der Waals surface area contributed by atoms with E-state index in [-0.39, 0.29) is 16.4 Å². The lowest BCUT2D eigenvalue weighted by molar-refractivity contribution is -0.377. The summed E-state index contributed by atoms with van der Waals surface area (Å²) in [5.74, 6) is 0. The summed E-state index contributed by atoms with van der Waals surface area (Å²) >= 11 is 10.3. The number of para-hydroxylation sites is 1. The lowest BCUT2D eigenvalue weighted by Gasteiger charge is -2.30. The van der Waals surface area contributed by atoms with Gasteiger partial charge in [-0.3, -0.25) is 0 Å². The lowest BCUT2D eigenvalue weighted by atomic mass is 9.98. The van der Waals surface area contributed by atoms with Crippen LogP contribution in [0, 0.1) is 0 Å². The molecule has 150 valence electrons. The molecule has 0 amide bonds. The van der Waals surface area contributed by atoms with E-state index in [2.05, 4.69) is 21.0 Å². The number of aliphatic hydroxyl groups is 1. The van der Waals surface area contributed by atoms with Crippen molar-refractivity contribution in [3.63, 3.8) is 0 Å². The maximum Gasteiger partial charge on any atom is 0.432 e. The molecule has 0 unspecified atom stereocenters. The number of benzene rings is 1. The van der Waals surface area contributed by atoms with Crippen molar-refractivity contribution in [2.45, 2.75) is 18.0 Å². The van der Waals surface area contributed by atoms with Gasteiger partial charge < -0.3 is 5.11 Å². The van der Waals surface area contributed by atoms with E-state index >= 15 is 0 Å². The second-order valence-electron chi connectivity index (χ2n) is 5.59. The van der Waals surface area contributed by atoms with Gasteiger partial charge >= 0.3 is 18.0 Å². The highest BCUT2D eigenvalue weighted by Crippen LogP contribution is 2.50. The molecule has 12 heteroatoms. The third kappa shape index (κ3) is 3.44. The van der Waals surface area contributed by atoms with E-state index in [0.29, 0.717) is 14.7 Å². The number of halogens is 8. The zero-order valence-corrected chi connectivity index (χ0v) is 16.5. The molecular formula is C16H8BrClF6N2OS. The Balaban J connectivity index is 2.33. The molecule has 3 nitrogen and oxygen atoms in total. The smallest absolute Gasteiger partial charge is 0.368 e. The number of alkyl halides is 6. The predicted molar refractivity (Wildman–Crippen MR) is 95.6 cm³/mol. The van der Waals surface area contributed by atoms with Gasteiger partial charge in [0.1, 0.15) is 5.69 Å². The number of rotatable bonds is 3. The Kier molecular flexibility index (Phi) is 5.32. The normalized spacial score (nSPS) is 13.2. The number of aromatic nitrogens is 2. The summed E-state index contributed by atoms with van der Waals surface area (Å²) in [6.07, 6.45) is -12.1. The van der Waals surface area contributed by atoms with E-state index in [9.17, 15) is 31.4 Å². The quantitative estimate of drug-likeness (QED) is 0.423. The van der Waals surface area contributed by atoms with Gasteiger partial charge in [-0.25, -0.2) is 4.68 Å². The minimum absolute atomic E-state index is 0.0524. The Morgan fingerprint density at radius 1 is 1.00 bits per heavy atom. The molecule has 1 N–H and O–H groups in total. The van der Waals surface area contributed by atoms with Crippen LogP contribution < -0.4 is 0 Å². The molecule has 2 aromatic heterocycles. The highest BCUT2D eigenvalue weighted by molar-refractivity contribution is 9.11. The molecule has 1 aromatic carbocycles. The molecule has 3 rings (SSSR count). The van der Waals surface area contributed by atoms with Gasteiger partial charge in [0.2, 0.25) is 0 Å². The number of hydrogen-bond acceptors (Lipinski definition) is 3. The number of nitrogens with zero attached hydrogens (tertiary/aromatic N) is 2. The Morgan fingerprint density at radius 2 is 1.61 bits per heavy atom.